The van der Waals surface area contributed by atoms with Crippen molar-refractivity contribution in [2.24, 2.45) is 0 Å². The quantitative estimate of drug-likeness (QED) is 0.0200. The lowest BCUT2D eigenvalue weighted by molar-refractivity contribution is -0.379. The number of carbonyl (C=O) groups is 1. The average Bonchev–Trinajstić information content (AvgIpc) is 1.97. The molecule has 3 aliphatic rings. The first-order valence-electron chi connectivity index (χ1n) is 34.7. The highest BCUT2D eigenvalue weighted by Gasteiger charge is 2.53. The van der Waals surface area contributed by atoms with E-state index in [2.05, 4.69) is 79.9 Å². The van der Waals surface area contributed by atoms with Gasteiger partial charge in [-0.15, -0.1) is 0 Å². The van der Waals surface area contributed by atoms with Crippen LogP contribution in [0.25, 0.3) is 0 Å². The van der Waals surface area contributed by atoms with Crippen LogP contribution in [-0.4, -0.2) is 193 Å². The van der Waals surface area contributed by atoms with Crippen LogP contribution in [-0.2, 0) is 33.2 Å². The van der Waals surface area contributed by atoms with Gasteiger partial charge in [0.1, 0.15) is 73.2 Å². The molecule has 19 nitrogen and oxygen atoms in total. The number of ether oxygens (including phenoxy) is 6. The first-order valence-corrected chi connectivity index (χ1v) is 34.7. The molecule has 19 heteroatoms. The summed E-state index contributed by atoms with van der Waals surface area (Å²) in [7, 11) is 0. The van der Waals surface area contributed by atoms with Crippen LogP contribution < -0.4 is 5.32 Å². The Bertz CT molecular complexity index is 1900. The predicted molar refractivity (Wildman–Crippen MR) is 346 cm³/mol. The van der Waals surface area contributed by atoms with E-state index >= 15 is 0 Å². The summed E-state index contributed by atoms with van der Waals surface area (Å²) in [5.74, 6) is -0.308. The van der Waals surface area contributed by atoms with Gasteiger partial charge in [0, 0.05) is 6.42 Å². The molecule has 0 spiro atoms. The Balaban J connectivity index is 1.44. The Kier molecular flexibility index (Phi) is 46.7. The van der Waals surface area contributed by atoms with Crippen molar-refractivity contribution >= 4 is 5.91 Å². The summed E-state index contributed by atoms with van der Waals surface area (Å²) in [6.07, 6.45) is 37.6. The van der Waals surface area contributed by atoms with Crippen molar-refractivity contribution in [3.63, 3.8) is 0 Å². The smallest absolute Gasteiger partial charge is 0.220 e. The second-order valence-corrected chi connectivity index (χ2v) is 24.6. The lowest BCUT2D eigenvalue weighted by Gasteiger charge is -2.48. The number of allylic oxidation sites excluding steroid dienone is 11. The van der Waals surface area contributed by atoms with Crippen LogP contribution >= 0.6 is 0 Å². The van der Waals surface area contributed by atoms with E-state index in [1.807, 2.05) is 6.08 Å². The monoisotopic (exact) mass is 1270 g/mol. The molecular weight excluding hydrogens is 1140 g/mol. The molecule has 12 N–H and O–H groups in total. The van der Waals surface area contributed by atoms with Crippen LogP contribution in [0.2, 0.25) is 0 Å². The molecule has 0 saturated carbocycles. The third-order valence-corrected chi connectivity index (χ3v) is 17.0. The van der Waals surface area contributed by atoms with Crippen molar-refractivity contribution in [1.82, 2.24) is 5.32 Å². The average molecular weight is 1270 g/mol. The van der Waals surface area contributed by atoms with Crippen molar-refractivity contribution < 1.29 is 89.4 Å². The highest BCUT2D eigenvalue weighted by Crippen LogP contribution is 2.33. The van der Waals surface area contributed by atoms with Crippen molar-refractivity contribution in [3.8, 4) is 0 Å². The van der Waals surface area contributed by atoms with Gasteiger partial charge in [-0.1, -0.05) is 222 Å². The second kappa shape index (κ2) is 51.6. The SMILES string of the molecule is CC/C=C\C/C=C\C/C=C\CCCCCCCC(=O)NC(COC1OC(CO)C(OC2OC(CO)C(OC3OC(CO)C(O)C(O)C3O)C(O)C2O)C(O)C1O)C(O)/C=C/CC/C=C/CC/C=C/CCCCCCCCCCCCCCCCCCCCC. The zero-order valence-corrected chi connectivity index (χ0v) is 54.4. The fourth-order valence-corrected chi connectivity index (χ4v) is 11.4. The van der Waals surface area contributed by atoms with Crippen molar-refractivity contribution in [3.05, 3.63) is 72.9 Å². The summed E-state index contributed by atoms with van der Waals surface area (Å²) in [4.78, 5) is 13.4. The minimum Gasteiger partial charge on any atom is -0.394 e. The molecule has 516 valence electrons. The van der Waals surface area contributed by atoms with Gasteiger partial charge in [-0.25, -0.2) is 0 Å². The van der Waals surface area contributed by atoms with Gasteiger partial charge in [0.15, 0.2) is 18.9 Å². The lowest BCUT2D eigenvalue weighted by atomic mass is 9.96. The molecule has 17 unspecified atom stereocenters. The first-order chi connectivity index (χ1) is 43.3. The third kappa shape index (κ3) is 33.8. The number of unbranched alkanes of at least 4 members (excludes halogenated alkanes) is 26. The minimum atomic E-state index is -1.99. The highest BCUT2D eigenvalue weighted by atomic mass is 16.8. The van der Waals surface area contributed by atoms with Gasteiger partial charge in [0.05, 0.1) is 38.6 Å². The molecule has 0 aromatic carbocycles. The number of aliphatic hydroxyl groups is 11. The van der Waals surface area contributed by atoms with Crippen molar-refractivity contribution in [2.45, 2.75) is 336 Å². The maximum atomic E-state index is 13.4. The van der Waals surface area contributed by atoms with Gasteiger partial charge >= 0.3 is 0 Å². The van der Waals surface area contributed by atoms with Crippen LogP contribution in [0.15, 0.2) is 72.9 Å². The predicted octanol–water partition coefficient (Wildman–Crippen LogP) is 8.94. The van der Waals surface area contributed by atoms with Gasteiger partial charge in [-0.3, -0.25) is 4.79 Å². The summed E-state index contributed by atoms with van der Waals surface area (Å²) >= 11 is 0. The molecule has 3 saturated heterocycles. The zero-order chi connectivity index (χ0) is 64.7. The molecule has 0 radical (unpaired) electrons. The molecule has 89 heavy (non-hydrogen) atoms. The molecule has 17 atom stereocenters. The molecule has 1 amide bonds. The Morgan fingerprint density at radius 1 is 0.416 bits per heavy atom. The summed E-state index contributed by atoms with van der Waals surface area (Å²) in [6, 6.07) is -1.01. The number of aliphatic hydroxyl groups excluding tert-OH is 11. The molecule has 0 aromatic heterocycles. The summed E-state index contributed by atoms with van der Waals surface area (Å²) in [5.41, 5.74) is 0. The number of amides is 1. The number of hydrogen-bond donors (Lipinski definition) is 12. The fourth-order valence-electron chi connectivity index (χ4n) is 11.4. The van der Waals surface area contributed by atoms with E-state index < -0.39 is 124 Å². The van der Waals surface area contributed by atoms with Crippen LogP contribution in [0, 0.1) is 0 Å². The molecule has 3 heterocycles. The van der Waals surface area contributed by atoms with E-state index in [9.17, 15) is 61.0 Å². The maximum Gasteiger partial charge on any atom is 0.220 e. The largest absolute Gasteiger partial charge is 0.394 e. The van der Waals surface area contributed by atoms with E-state index in [1.54, 1.807) is 6.08 Å². The van der Waals surface area contributed by atoms with Gasteiger partial charge in [-0.05, 0) is 77.0 Å². The number of carbonyl (C=O) groups excluding carboxylic acids is 1. The molecule has 0 bridgehead atoms. The van der Waals surface area contributed by atoms with Gasteiger partial charge in [-0.2, -0.15) is 0 Å². The lowest BCUT2D eigenvalue weighted by Crippen LogP contribution is -2.66. The first kappa shape index (κ1) is 80.5. The van der Waals surface area contributed by atoms with E-state index in [1.165, 1.54) is 122 Å². The Morgan fingerprint density at radius 3 is 1.26 bits per heavy atom. The Morgan fingerprint density at radius 2 is 0.787 bits per heavy atom. The Labute approximate surface area is 534 Å². The standard InChI is InChI=1S/C70H123NO18/c1-3-5-7-9-11-13-15-17-19-20-21-22-23-24-25-26-27-28-29-30-31-32-34-35-37-39-41-43-45-47-54(75)53(71-58(76)48-46-44-42-40-38-36-33-18-16-14-12-10-8-6-4-2)52-84-68-64(82)61(79)66(56(50-73)86-68)89-70-65(83)62(80)67(57(51-74)87-70)88-69-63(81)60(78)59(77)55(49-72)85-69/h6,8,12,14,18,31-33,37,39,45,47,53-57,59-70,72-75,77-83H,3-5,7,9-11,13,15-17,19-30,34-36,38,40-44,46,48-52H2,1-2H3,(H,71,76)/b8-6-,14-12-,32-31+,33-18-,39-37+,47-45+. The van der Waals surface area contributed by atoms with Crippen LogP contribution in [0.3, 0.4) is 0 Å². The Hall–Kier alpha value is -2.77. The van der Waals surface area contributed by atoms with E-state index in [0.29, 0.717) is 12.8 Å². The van der Waals surface area contributed by atoms with E-state index in [0.717, 1.165) is 77.0 Å². The topological polar surface area (TPSA) is 307 Å². The highest BCUT2D eigenvalue weighted by molar-refractivity contribution is 5.76. The third-order valence-electron chi connectivity index (χ3n) is 17.0. The fraction of sp³-hybridized carbons (Fsp3) is 0.814. The van der Waals surface area contributed by atoms with E-state index in [4.69, 9.17) is 28.4 Å². The molecule has 0 aromatic rings. The van der Waals surface area contributed by atoms with Gasteiger partial charge in [0.25, 0.3) is 0 Å². The second-order valence-electron chi connectivity index (χ2n) is 24.6. The van der Waals surface area contributed by atoms with Crippen molar-refractivity contribution in [2.75, 3.05) is 26.4 Å². The molecular formula is C70H123NO18. The molecule has 3 rings (SSSR count). The number of hydrogen-bond acceptors (Lipinski definition) is 18. The normalized spacial score (nSPS) is 28.7. The van der Waals surface area contributed by atoms with Crippen molar-refractivity contribution in [1.29, 1.82) is 0 Å². The van der Waals surface area contributed by atoms with Gasteiger partial charge < -0.3 is 89.9 Å². The molecule has 0 aliphatic carbocycles. The minimum absolute atomic E-state index is 0.209. The summed E-state index contributed by atoms with van der Waals surface area (Å²) < 4.78 is 34.3. The van der Waals surface area contributed by atoms with Crippen LogP contribution in [0.1, 0.15) is 232 Å². The van der Waals surface area contributed by atoms with E-state index in [-0.39, 0.29) is 18.9 Å². The summed E-state index contributed by atoms with van der Waals surface area (Å²) in [5, 5.41) is 120. The molecule has 3 aliphatic heterocycles. The summed E-state index contributed by atoms with van der Waals surface area (Å²) in [6.45, 7) is 1.58. The maximum absolute atomic E-state index is 13.4. The molecule has 3 fully saturated rings. The number of nitrogens with one attached hydrogen (secondary N) is 1. The van der Waals surface area contributed by atoms with Crippen LogP contribution in [0.4, 0.5) is 0 Å². The number of rotatable bonds is 52. The van der Waals surface area contributed by atoms with Crippen LogP contribution in [0.5, 0.6) is 0 Å². The van der Waals surface area contributed by atoms with Gasteiger partial charge in [0.2, 0.25) is 5.91 Å². The zero-order valence-electron chi connectivity index (χ0n) is 54.4.